The van der Waals surface area contributed by atoms with Crippen LogP contribution in [0.2, 0.25) is 0 Å². The fourth-order valence-electron chi connectivity index (χ4n) is 1.48. The molecule has 1 heterocycles. The van der Waals surface area contributed by atoms with E-state index in [1.54, 1.807) is 30.3 Å². The fraction of sp³-hybridized carbons (Fsp3) is 0.0769. The Labute approximate surface area is 123 Å². The molecule has 0 spiro atoms. The molecule has 1 aromatic carbocycles. The highest BCUT2D eigenvalue weighted by atomic mass is 79.9. The fourth-order valence-corrected chi connectivity index (χ4v) is 1.90. The number of nitrogens with one attached hydrogen (secondary N) is 3. The van der Waals surface area contributed by atoms with Crippen LogP contribution < -0.4 is 16.0 Å². The number of carbonyl (C=O) groups is 2. The zero-order valence-electron chi connectivity index (χ0n) is 10.6. The zero-order chi connectivity index (χ0) is 14.5. The molecule has 0 aliphatic heterocycles. The van der Waals surface area contributed by atoms with Crippen molar-refractivity contribution >= 4 is 39.2 Å². The van der Waals surface area contributed by atoms with E-state index in [1.807, 2.05) is 0 Å². The molecule has 2 aromatic rings. The van der Waals surface area contributed by atoms with E-state index in [2.05, 4.69) is 31.9 Å². The molecule has 0 unspecified atom stereocenters. The van der Waals surface area contributed by atoms with Crippen LogP contribution in [0.1, 0.15) is 10.4 Å². The molecule has 3 N–H and O–H groups in total. The highest BCUT2D eigenvalue weighted by Crippen LogP contribution is 2.20. The first-order chi connectivity index (χ1) is 9.60. The summed E-state index contributed by atoms with van der Waals surface area (Å²) < 4.78 is 5.38. The third kappa shape index (κ3) is 3.39. The lowest BCUT2D eigenvalue weighted by molar-refractivity contribution is 0.102. The maximum atomic E-state index is 11.9. The summed E-state index contributed by atoms with van der Waals surface area (Å²) in [5.41, 5.74) is 1.66. The summed E-state index contributed by atoms with van der Waals surface area (Å²) in [4.78, 5) is 23.1. The summed E-state index contributed by atoms with van der Waals surface area (Å²) in [5, 5.41) is 7.80. The second-order valence-corrected chi connectivity index (χ2v) is 4.56. The van der Waals surface area contributed by atoms with Crippen molar-refractivity contribution in [1.82, 2.24) is 5.32 Å². The molecule has 0 atom stereocenters. The van der Waals surface area contributed by atoms with Gasteiger partial charge in [0, 0.05) is 18.4 Å². The Hall–Kier alpha value is -2.28. The van der Waals surface area contributed by atoms with Gasteiger partial charge in [0.2, 0.25) is 0 Å². The number of benzene rings is 1. The SMILES string of the molecule is CNC(=O)Nc1ccc(NC(=O)c2ccoc2Br)cc1. The molecule has 2 rings (SSSR count). The van der Waals surface area contributed by atoms with Crippen molar-refractivity contribution in [3.63, 3.8) is 0 Å². The first kappa shape index (κ1) is 14.1. The van der Waals surface area contributed by atoms with Gasteiger partial charge < -0.3 is 20.4 Å². The highest BCUT2D eigenvalue weighted by molar-refractivity contribution is 9.10. The van der Waals surface area contributed by atoms with E-state index in [0.29, 0.717) is 21.6 Å². The van der Waals surface area contributed by atoms with E-state index >= 15 is 0 Å². The van der Waals surface area contributed by atoms with Crippen LogP contribution in [0.5, 0.6) is 0 Å². The van der Waals surface area contributed by atoms with Crippen molar-refractivity contribution in [1.29, 1.82) is 0 Å². The largest absolute Gasteiger partial charge is 0.457 e. The van der Waals surface area contributed by atoms with Gasteiger partial charge in [-0.1, -0.05) is 0 Å². The Bertz CT molecular complexity index is 622. The maximum Gasteiger partial charge on any atom is 0.318 e. The molecule has 6 nitrogen and oxygen atoms in total. The Morgan fingerprint density at radius 3 is 2.15 bits per heavy atom. The van der Waals surface area contributed by atoms with Gasteiger partial charge in [-0.25, -0.2) is 4.79 Å². The third-order valence-corrected chi connectivity index (χ3v) is 3.10. The van der Waals surface area contributed by atoms with E-state index in [4.69, 9.17) is 4.42 Å². The number of hydrogen-bond donors (Lipinski definition) is 3. The number of amides is 3. The molecule has 0 aliphatic carbocycles. The predicted octanol–water partition coefficient (Wildman–Crippen LogP) is 3.05. The summed E-state index contributed by atoms with van der Waals surface area (Å²) in [7, 11) is 1.53. The molecule has 104 valence electrons. The molecule has 3 amide bonds. The average molecular weight is 338 g/mol. The first-order valence-electron chi connectivity index (χ1n) is 5.73. The molecule has 0 radical (unpaired) electrons. The molecule has 0 fully saturated rings. The van der Waals surface area contributed by atoms with Crippen LogP contribution in [-0.2, 0) is 0 Å². The summed E-state index contributed by atoms with van der Waals surface area (Å²) in [6.45, 7) is 0. The lowest BCUT2D eigenvalue weighted by atomic mass is 10.2. The van der Waals surface area contributed by atoms with Crippen molar-refractivity contribution in [2.24, 2.45) is 0 Å². The minimum atomic E-state index is -0.302. The van der Waals surface area contributed by atoms with Crippen molar-refractivity contribution < 1.29 is 14.0 Å². The number of furan rings is 1. The Morgan fingerprint density at radius 1 is 1.05 bits per heavy atom. The van der Waals surface area contributed by atoms with Crippen LogP contribution in [0.25, 0.3) is 0 Å². The zero-order valence-corrected chi connectivity index (χ0v) is 12.2. The minimum Gasteiger partial charge on any atom is -0.457 e. The van der Waals surface area contributed by atoms with E-state index in [-0.39, 0.29) is 11.9 Å². The first-order valence-corrected chi connectivity index (χ1v) is 6.52. The summed E-state index contributed by atoms with van der Waals surface area (Å²) in [5.74, 6) is -0.280. The Morgan fingerprint density at radius 2 is 1.65 bits per heavy atom. The third-order valence-electron chi connectivity index (χ3n) is 2.49. The van der Waals surface area contributed by atoms with Gasteiger partial charge in [0.05, 0.1) is 11.8 Å². The standard InChI is InChI=1S/C13H12BrN3O3/c1-15-13(19)17-9-4-2-8(3-5-9)16-12(18)10-6-7-20-11(10)14/h2-7H,1H3,(H,16,18)(H2,15,17,19). The summed E-state index contributed by atoms with van der Waals surface area (Å²) in [6, 6.07) is 8.03. The molecular weight excluding hydrogens is 326 g/mol. The van der Waals surface area contributed by atoms with Crippen LogP contribution in [0, 0.1) is 0 Å². The van der Waals surface area contributed by atoms with Gasteiger partial charge in [-0.05, 0) is 46.3 Å². The number of urea groups is 1. The number of rotatable bonds is 3. The van der Waals surface area contributed by atoms with Gasteiger partial charge in [-0.3, -0.25) is 4.79 Å². The Kier molecular flexibility index (Phi) is 4.41. The van der Waals surface area contributed by atoms with Crippen molar-refractivity contribution in [2.75, 3.05) is 17.7 Å². The van der Waals surface area contributed by atoms with Crippen LogP contribution in [0.4, 0.5) is 16.2 Å². The van der Waals surface area contributed by atoms with Crippen molar-refractivity contribution in [3.8, 4) is 0 Å². The second-order valence-electron chi connectivity index (χ2n) is 3.84. The van der Waals surface area contributed by atoms with Gasteiger partial charge in [-0.2, -0.15) is 0 Å². The summed E-state index contributed by atoms with van der Waals surface area (Å²) >= 11 is 3.14. The number of hydrogen-bond acceptors (Lipinski definition) is 3. The van der Waals surface area contributed by atoms with Crippen molar-refractivity contribution in [2.45, 2.75) is 0 Å². The van der Waals surface area contributed by atoms with Gasteiger partial charge in [0.25, 0.3) is 5.91 Å². The van der Waals surface area contributed by atoms with E-state index in [0.717, 1.165) is 0 Å². The van der Waals surface area contributed by atoms with E-state index in [1.165, 1.54) is 13.3 Å². The lowest BCUT2D eigenvalue weighted by Crippen LogP contribution is -2.24. The molecule has 1 aromatic heterocycles. The molecule has 0 aliphatic rings. The molecule has 20 heavy (non-hydrogen) atoms. The number of halogens is 1. The van der Waals surface area contributed by atoms with Gasteiger partial charge in [-0.15, -0.1) is 0 Å². The monoisotopic (exact) mass is 337 g/mol. The molecule has 0 bridgehead atoms. The second kappa shape index (κ2) is 6.25. The smallest absolute Gasteiger partial charge is 0.318 e. The lowest BCUT2D eigenvalue weighted by Gasteiger charge is -2.07. The topological polar surface area (TPSA) is 83.4 Å². The van der Waals surface area contributed by atoms with E-state index in [9.17, 15) is 9.59 Å². The van der Waals surface area contributed by atoms with Gasteiger partial charge >= 0.3 is 6.03 Å². The minimum absolute atomic E-state index is 0.280. The summed E-state index contributed by atoms with van der Waals surface area (Å²) in [6.07, 6.45) is 1.43. The van der Waals surface area contributed by atoms with Gasteiger partial charge in [0.1, 0.15) is 0 Å². The quantitative estimate of drug-likeness (QED) is 0.804. The molecule has 0 saturated heterocycles. The molecule has 0 saturated carbocycles. The number of anilines is 2. The average Bonchev–Trinajstić information content (AvgIpc) is 2.87. The van der Waals surface area contributed by atoms with Crippen LogP contribution >= 0.6 is 15.9 Å². The van der Waals surface area contributed by atoms with Crippen LogP contribution in [-0.4, -0.2) is 19.0 Å². The molecular formula is C13H12BrN3O3. The maximum absolute atomic E-state index is 11.9. The van der Waals surface area contributed by atoms with Crippen molar-refractivity contribution in [3.05, 3.63) is 46.8 Å². The van der Waals surface area contributed by atoms with Gasteiger partial charge in [0.15, 0.2) is 4.67 Å². The predicted molar refractivity (Wildman–Crippen MR) is 78.9 cm³/mol. The van der Waals surface area contributed by atoms with Crippen LogP contribution in [0.3, 0.4) is 0 Å². The molecule has 7 heteroatoms. The number of carbonyl (C=O) groups excluding carboxylic acids is 2. The van der Waals surface area contributed by atoms with Crippen LogP contribution in [0.15, 0.2) is 45.7 Å². The highest BCUT2D eigenvalue weighted by Gasteiger charge is 2.12. The normalized spacial score (nSPS) is 9.90. The van der Waals surface area contributed by atoms with E-state index < -0.39 is 0 Å². The Balaban J connectivity index is 2.02.